The van der Waals surface area contributed by atoms with Crippen LogP contribution in [0, 0.1) is 0 Å². The van der Waals surface area contributed by atoms with Gasteiger partial charge < -0.3 is 9.47 Å². The second kappa shape index (κ2) is 9.35. The summed E-state index contributed by atoms with van der Waals surface area (Å²) in [6.45, 7) is 6.49. The molecule has 33 heavy (non-hydrogen) atoms. The van der Waals surface area contributed by atoms with Crippen LogP contribution in [0.5, 0.6) is 0 Å². The molecule has 0 spiro atoms. The van der Waals surface area contributed by atoms with Gasteiger partial charge in [-0.2, -0.15) is 0 Å². The van der Waals surface area contributed by atoms with E-state index in [1.165, 1.54) is 11.8 Å². The Morgan fingerprint density at radius 2 is 1.76 bits per heavy atom. The Morgan fingerprint density at radius 1 is 1.03 bits per heavy atom. The molecule has 168 valence electrons. The Kier molecular flexibility index (Phi) is 6.13. The van der Waals surface area contributed by atoms with Crippen molar-refractivity contribution in [3.8, 4) is 22.6 Å². The van der Waals surface area contributed by atoms with Gasteiger partial charge in [0.25, 0.3) is 0 Å². The summed E-state index contributed by atoms with van der Waals surface area (Å²) < 4.78 is 2.11. The van der Waals surface area contributed by atoms with E-state index in [0.29, 0.717) is 6.54 Å². The molecule has 6 nitrogen and oxygen atoms in total. The van der Waals surface area contributed by atoms with Gasteiger partial charge in [0.05, 0.1) is 16.5 Å². The van der Waals surface area contributed by atoms with Crippen LogP contribution in [0.25, 0.3) is 33.5 Å². The number of benzene rings is 2. The van der Waals surface area contributed by atoms with Crippen molar-refractivity contribution in [2.45, 2.75) is 43.6 Å². The van der Waals surface area contributed by atoms with E-state index < -0.39 is 0 Å². The Balaban J connectivity index is 1.55. The molecule has 7 heteroatoms. The minimum atomic E-state index is -0.195. The van der Waals surface area contributed by atoms with Gasteiger partial charge in [-0.15, -0.1) is 10.2 Å². The third-order valence-corrected chi connectivity index (χ3v) is 7.18. The minimum Gasteiger partial charge on any atom is -0.342 e. The zero-order valence-electron chi connectivity index (χ0n) is 18.9. The van der Waals surface area contributed by atoms with Crippen LogP contribution < -0.4 is 0 Å². The van der Waals surface area contributed by atoms with Crippen LogP contribution in [-0.4, -0.2) is 48.9 Å². The fraction of sp³-hybridized carbons (Fsp3) is 0.308. The highest BCUT2D eigenvalue weighted by atomic mass is 32.2. The molecule has 0 saturated carbocycles. The molecule has 1 aliphatic heterocycles. The number of aromatic nitrogens is 4. The minimum absolute atomic E-state index is 0.186. The van der Waals surface area contributed by atoms with E-state index in [2.05, 4.69) is 46.0 Å². The lowest BCUT2D eigenvalue weighted by Crippen LogP contribution is -2.34. The smallest absolute Gasteiger partial charge is 0.235 e. The lowest BCUT2D eigenvalue weighted by atomic mass is 10.0. The number of para-hydroxylation sites is 1. The highest BCUT2D eigenvalue weighted by molar-refractivity contribution is 8.00. The number of pyridine rings is 1. The van der Waals surface area contributed by atoms with Gasteiger partial charge in [-0.05, 0) is 38.8 Å². The number of thioether (sulfide) groups is 1. The number of hydrogen-bond donors (Lipinski definition) is 0. The molecule has 5 rings (SSSR count). The predicted octanol–water partition coefficient (Wildman–Crippen LogP) is 5.28. The summed E-state index contributed by atoms with van der Waals surface area (Å²) in [6.07, 6.45) is 2.19. The van der Waals surface area contributed by atoms with Crippen molar-refractivity contribution >= 4 is 28.6 Å². The monoisotopic (exact) mass is 457 g/mol. The maximum atomic E-state index is 12.8. The van der Waals surface area contributed by atoms with Crippen LogP contribution in [0.3, 0.4) is 0 Å². The SMILES string of the molecule is CCn1c(SC(C)C(=O)N2CCCC2)nnc1-c1cc(-c2ccccc2)nc2ccccc12. The second-order valence-electron chi connectivity index (χ2n) is 8.28. The first-order chi connectivity index (χ1) is 16.2. The summed E-state index contributed by atoms with van der Waals surface area (Å²) in [7, 11) is 0. The van der Waals surface area contributed by atoms with Crippen molar-refractivity contribution in [3.63, 3.8) is 0 Å². The van der Waals surface area contributed by atoms with Crippen molar-refractivity contribution in [1.82, 2.24) is 24.6 Å². The molecule has 1 aliphatic rings. The molecule has 4 aromatic rings. The molecule has 1 amide bonds. The average molecular weight is 458 g/mol. The maximum absolute atomic E-state index is 12.8. The Bertz CT molecular complexity index is 1280. The summed E-state index contributed by atoms with van der Waals surface area (Å²) in [5.74, 6) is 0.988. The molecule has 2 aromatic heterocycles. The van der Waals surface area contributed by atoms with E-state index in [4.69, 9.17) is 4.98 Å². The van der Waals surface area contributed by atoms with Crippen LogP contribution in [0.2, 0.25) is 0 Å². The van der Waals surface area contributed by atoms with E-state index in [-0.39, 0.29) is 11.2 Å². The second-order valence-corrected chi connectivity index (χ2v) is 9.59. The van der Waals surface area contributed by atoms with Gasteiger partial charge in [-0.1, -0.05) is 60.3 Å². The van der Waals surface area contributed by atoms with Gasteiger partial charge in [0.2, 0.25) is 5.91 Å². The summed E-state index contributed by atoms with van der Waals surface area (Å²) in [4.78, 5) is 19.7. The Labute approximate surface area is 198 Å². The molecular formula is C26H27N5OS. The van der Waals surface area contributed by atoms with E-state index in [1.54, 1.807) is 0 Å². The van der Waals surface area contributed by atoms with Crippen LogP contribution in [0.1, 0.15) is 26.7 Å². The standard InChI is InChI=1S/C26H27N5OS/c1-3-31-24(28-29-26(31)33-18(2)25(32)30-15-9-10-16-30)21-17-23(19-11-5-4-6-12-19)27-22-14-8-7-13-20(21)22/h4-8,11-14,17-18H,3,9-10,15-16H2,1-2H3. The lowest BCUT2D eigenvalue weighted by Gasteiger charge is -2.19. The lowest BCUT2D eigenvalue weighted by molar-refractivity contribution is -0.129. The number of hydrogen-bond acceptors (Lipinski definition) is 5. The van der Waals surface area contributed by atoms with E-state index in [0.717, 1.165) is 64.6 Å². The molecule has 1 fully saturated rings. The molecule has 0 radical (unpaired) electrons. The predicted molar refractivity (Wildman–Crippen MR) is 133 cm³/mol. The molecule has 0 bridgehead atoms. The quantitative estimate of drug-likeness (QED) is 0.369. The highest BCUT2D eigenvalue weighted by Gasteiger charge is 2.26. The van der Waals surface area contributed by atoms with Gasteiger partial charge in [0, 0.05) is 36.1 Å². The largest absolute Gasteiger partial charge is 0.342 e. The number of nitrogens with zero attached hydrogens (tertiary/aromatic N) is 5. The zero-order valence-corrected chi connectivity index (χ0v) is 19.8. The molecule has 2 aromatic carbocycles. The summed E-state index contributed by atoms with van der Waals surface area (Å²) >= 11 is 1.49. The number of carbonyl (C=O) groups is 1. The van der Waals surface area contributed by atoms with E-state index in [1.807, 2.05) is 48.2 Å². The van der Waals surface area contributed by atoms with Gasteiger partial charge in [0.15, 0.2) is 11.0 Å². The zero-order chi connectivity index (χ0) is 22.8. The number of rotatable bonds is 6. The number of likely N-dealkylation sites (tertiary alicyclic amines) is 1. The first-order valence-electron chi connectivity index (χ1n) is 11.5. The fourth-order valence-corrected chi connectivity index (χ4v) is 5.38. The third-order valence-electron chi connectivity index (χ3n) is 6.11. The van der Waals surface area contributed by atoms with Gasteiger partial charge in [-0.25, -0.2) is 4.98 Å². The molecule has 0 aliphatic carbocycles. The van der Waals surface area contributed by atoms with Crippen LogP contribution in [0.4, 0.5) is 0 Å². The molecule has 0 N–H and O–H groups in total. The van der Waals surface area contributed by atoms with Gasteiger partial charge in [-0.3, -0.25) is 4.79 Å². The van der Waals surface area contributed by atoms with Crippen molar-refractivity contribution < 1.29 is 4.79 Å². The summed E-state index contributed by atoms with van der Waals surface area (Å²) in [5.41, 5.74) is 3.89. The first kappa shape index (κ1) is 21.6. The van der Waals surface area contributed by atoms with Crippen molar-refractivity contribution in [3.05, 3.63) is 60.7 Å². The van der Waals surface area contributed by atoms with Gasteiger partial charge in [0.1, 0.15) is 0 Å². The average Bonchev–Trinajstić information content (AvgIpc) is 3.53. The number of amides is 1. The van der Waals surface area contributed by atoms with E-state index >= 15 is 0 Å². The Hall–Kier alpha value is -3.19. The number of carbonyl (C=O) groups excluding carboxylic acids is 1. The van der Waals surface area contributed by atoms with Crippen LogP contribution in [-0.2, 0) is 11.3 Å². The van der Waals surface area contributed by atoms with Crippen molar-refractivity contribution in [2.75, 3.05) is 13.1 Å². The van der Waals surface area contributed by atoms with E-state index in [9.17, 15) is 4.79 Å². The van der Waals surface area contributed by atoms with Crippen LogP contribution in [0.15, 0.2) is 65.8 Å². The first-order valence-corrected chi connectivity index (χ1v) is 12.4. The van der Waals surface area contributed by atoms with Crippen molar-refractivity contribution in [1.29, 1.82) is 0 Å². The van der Waals surface area contributed by atoms with Crippen molar-refractivity contribution in [2.24, 2.45) is 0 Å². The van der Waals surface area contributed by atoms with Crippen LogP contribution >= 0.6 is 11.8 Å². The summed E-state index contributed by atoms with van der Waals surface area (Å²) in [6, 6.07) is 20.4. The fourth-order valence-electron chi connectivity index (χ4n) is 4.38. The van der Waals surface area contributed by atoms with Gasteiger partial charge >= 0.3 is 0 Å². The Morgan fingerprint density at radius 3 is 2.52 bits per heavy atom. The normalized spacial score (nSPS) is 14.7. The maximum Gasteiger partial charge on any atom is 0.235 e. The molecule has 1 atom stereocenters. The number of fused-ring (bicyclic) bond motifs is 1. The topological polar surface area (TPSA) is 63.9 Å². The summed E-state index contributed by atoms with van der Waals surface area (Å²) in [5, 5.41) is 10.7. The molecule has 1 unspecified atom stereocenters. The molecule has 1 saturated heterocycles. The molecular weight excluding hydrogens is 430 g/mol. The molecule has 3 heterocycles. The highest BCUT2D eigenvalue weighted by Crippen LogP contribution is 2.34. The third kappa shape index (κ3) is 4.25.